The summed E-state index contributed by atoms with van der Waals surface area (Å²) in [6, 6.07) is 11.9. The minimum atomic E-state index is -0.472. The van der Waals surface area contributed by atoms with Gasteiger partial charge in [0, 0.05) is 13.6 Å². The Morgan fingerprint density at radius 3 is 2.75 bits per heavy atom. The summed E-state index contributed by atoms with van der Waals surface area (Å²) in [6.07, 6.45) is 1.32. The molecule has 124 valence electrons. The van der Waals surface area contributed by atoms with Crippen LogP contribution in [0.2, 0.25) is 0 Å². The highest BCUT2D eigenvalue weighted by molar-refractivity contribution is 14.1. The zero-order chi connectivity index (χ0) is 17.5. The molecule has 0 spiro atoms. The molecule has 2 aromatic rings. The molecular weight excluding hydrogens is 489 g/mol. The van der Waals surface area contributed by atoms with Crippen molar-refractivity contribution < 1.29 is 14.7 Å². The fraction of sp³-hybridized carbons (Fsp3) is 0.0625. The molecule has 24 heavy (non-hydrogen) atoms. The summed E-state index contributed by atoms with van der Waals surface area (Å²) in [5, 5.41) is 15.9. The second-order valence-electron chi connectivity index (χ2n) is 4.66. The number of hydrogen-bond acceptors (Lipinski definition) is 4. The summed E-state index contributed by atoms with van der Waals surface area (Å²) >= 11 is 5.33. The number of nitrogens with one attached hydrogen (secondary N) is 2. The molecular formula is C16H13BrIN3O3. The lowest BCUT2D eigenvalue weighted by molar-refractivity contribution is -0.120. The van der Waals surface area contributed by atoms with E-state index in [0.29, 0.717) is 11.1 Å². The largest absolute Gasteiger partial charge is 0.507 e. The molecule has 0 unspecified atom stereocenters. The van der Waals surface area contributed by atoms with Gasteiger partial charge in [0.05, 0.1) is 18.3 Å². The number of amides is 2. The van der Waals surface area contributed by atoms with E-state index in [1.54, 1.807) is 24.3 Å². The van der Waals surface area contributed by atoms with Crippen molar-refractivity contribution in [2.24, 2.45) is 5.10 Å². The Bertz CT molecular complexity index is 796. The van der Waals surface area contributed by atoms with Crippen LogP contribution in [0, 0.1) is 3.57 Å². The third kappa shape index (κ3) is 5.31. The number of hydrazone groups is 1. The van der Waals surface area contributed by atoms with Crippen LogP contribution in [0.3, 0.4) is 0 Å². The van der Waals surface area contributed by atoms with Gasteiger partial charge in [0.2, 0.25) is 0 Å². The molecule has 2 aromatic carbocycles. The number of carbonyl (C=O) groups is 2. The fourth-order valence-electron chi connectivity index (χ4n) is 1.74. The molecule has 0 aliphatic heterocycles. The normalized spacial score (nSPS) is 10.6. The van der Waals surface area contributed by atoms with E-state index >= 15 is 0 Å². The molecule has 0 atom stereocenters. The fourth-order valence-corrected chi connectivity index (χ4v) is 2.75. The lowest BCUT2D eigenvalue weighted by atomic mass is 10.2. The SMILES string of the molecule is O=C(CNC(=O)c1ccccc1I)N/N=C/c1cc(Br)ccc1O. The van der Waals surface area contributed by atoms with Crippen molar-refractivity contribution in [3.8, 4) is 5.75 Å². The predicted octanol–water partition coefficient (Wildman–Crippen LogP) is 2.64. The standard InChI is InChI=1S/C16H13BrIN3O3/c17-11-5-6-14(22)10(7-11)8-20-21-15(23)9-19-16(24)12-3-1-2-4-13(12)18/h1-8,22H,9H2,(H,19,24)(H,21,23)/b20-8+. The molecule has 0 saturated heterocycles. The van der Waals surface area contributed by atoms with Crippen molar-refractivity contribution in [1.82, 2.24) is 10.7 Å². The molecule has 0 bridgehead atoms. The minimum Gasteiger partial charge on any atom is -0.507 e. The van der Waals surface area contributed by atoms with E-state index in [9.17, 15) is 14.7 Å². The van der Waals surface area contributed by atoms with E-state index in [1.165, 1.54) is 12.3 Å². The number of hydrogen-bond donors (Lipinski definition) is 3. The van der Waals surface area contributed by atoms with Crippen LogP contribution < -0.4 is 10.7 Å². The Kier molecular flexibility index (Phi) is 6.73. The molecule has 0 fully saturated rings. The number of aromatic hydroxyl groups is 1. The van der Waals surface area contributed by atoms with Gasteiger partial charge < -0.3 is 10.4 Å². The number of phenolic OH excluding ortho intramolecular Hbond substituents is 1. The number of nitrogens with zero attached hydrogens (tertiary/aromatic N) is 1. The maximum absolute atomic E-state index is 12.0. The van der Waals surface area contributed by atoms with Crippen LogP contribution in [-0.4, -0.2) is 29.7 Å². The average molecular weight is 502 g/mol. The van der Waals surface area contributed by atoms with Crippen LogP contribution in [-0.2, 0) is 4.79 Å². The number of halogens is 2. The summed E-state index contributed by atoms with van der Waals surface area (Å²) in [5.74, 6) is -0.757. The number of benzene rings is 2. The Hall–Kier alpha value is -1.94. The Morgan fingerprint density at radius 1 is 1.25 bits per heavy atom. The van der Waals surface area contributed by atoms with Gasteiger partial charge in [-0.3, -0.25) is 9.59 Å². The van der Waals surface area contributed by atoms with Gasteiger partial charge in [-0.15, -0.1) is 0 Å². The topological polar surface area (TPSA) is 90.8 Å². The molecule has 8 heteroatoms. The van der Waals surface area contributed by atoms with E-state index in [4.69, 9.17) is 0 Å². The molecule has 3 N–H and O–H groups in total. The van der Waals surface area contributed by atoms with Crippen LogP contribution in [0.5, 0.6) is 5.75 Å². The van der Waals surface area contributed by atoms with Crippen molar-refractivity contribution in [2.45, 2.75) is 0 Å². The van der Waals surface area contributed by atoms with Gasteiger partial charge in [0.1, 0.15) is 5.75 Å². The van der Waals surface area contributed by atoms with Gasteiger partial charge in [-0.25, -0.2) is 5.43 Å². The van der Waals surface area contributed by atoms with Gasteiger partial charge in [-0.05, 0) is 52.9 Å². The number of phenols is 1. The third-order valence-corrected chi connectivity index (χ3v) is 4.34. The second-order valence-corrected chi connectivity index (χ2v) is 6.74. The van der Waals surface area contributed by atoms with Crippen LogP contribution in [0.4, 0.5) is 0 Å². The monoisotopic (exact) mass is 501 g/mol. The van der Waals surface area contributed by atoms with Crippen LogP contribution >= 0.6 is 38.5 Å². The summed E-state index contributed by atoms with van der Waals surface area (Å²) in [6.45, 7) is -0.203. The van der Waals surface area contributed by atoms with E-state index in [1.807, 2.05) is 12.1 Å². The second kappa shape index (κ2) is 8.78. The van der Waals surface area contributed by atoms with Gasteiger partial charge in [-0.1, -0.05) is 28.1 Å². The third-order valence-electron chi connectivity index (χ3n) is 2.91. The molecule has 0 aliphatic carbocycles. The smallest absolute Gasteiger partial charge is 0.259 e. The van der Waals surface area contributed by atoms with Gasteiger partial charge in [0.25, 0.3) is 11.8 Å². The van der Waals surface area contributed by atoms with Crippen molar-refractivity contribution in [2.75, 3.05) is 6.54 Å². The first-order chi connectivity index (χ1) is 11.5. The van der Waals surface area contributed by atoms with E-state index < -0.39 is 5.91 Å². The lowest BCUT2D eigenvalue weighted by Crippen LogP contribution is -2.35. The van der Waals surface area contributed by atoms with E-state index in [0.717, 1.165) is 8.04 Å². The van der Waals surface area contributed by atoms with Gasteiger partial charge >= 0.3 is 0 Å². The van der Waals surface area contributed by atoms with Crippen molar-refractivity contribution in [1.29, 1.82) is 0 Å². The Balaban J connectivity index is 1.85. The molecule has 2 amide bonds. The van der Waals surface area contributed by atoms with Crippen LogP contribution in [0.15, 0.2) is 52.0 Å². The first kappa shape index (κ1) is 18.4. The highest BCUT2D eigenvalue weighted by Crippen LogP contribution is 2.19. The van der Waals surface area contributed by atoms with Crippen molar-refractivity contribution in [3.05, 3.63) is 61.6 Å². The quantitative estimate of drug-likeness (QED) is 0.334. The lowest BCUT2D eigenvalue weighted by Gasteiger charge is -2.06. The highest BCUT2D eigenvalue weighted by atomic mass is 127. The van der Waals surface area contributed by atoms with E-state index in [2.05, 4.69) is 54.4 Å². The maximum atomic E-state index is 12.0. The Labute approximate surface area is 160 Å². The molecule has 0 aromatic heterocycles. The van der Waals surface area contributed by atoms with Crippen molar-refractivity contribution >= 4 is 56.5 Å². The number of carbonyl (C=O) groups excluding carboxylic acids is 2. The molecule has 0 saturated carbocycles. The average Bonchev–Trinajstić information content (AvgIpc) is 2.56. The first-order valence-corrected chi connectivity index (χ1v) is 8.67. The Morgan fingerprint density at radius 2 is 2.00 bits per heavy atom. The zero-order valence-electron chi connectivity index (χ0n) is 12.3. The van der Waals surface area contributed by atoms with Gasteiger partial charge in [0.15, 0.2) is 0 Å². The predicted molar refractivity (Wildman–Crippen MR) is 103 cm³/mol. The van der Waals surface area contributed by atoms with E-state index in [-0.39, 0.29) is 18.2 Å². The maximum Gasteiger partial charge on any atom is 0.259 e. The van der Waals surface area contributed by atoms with Crippen LogP contribution in [0.1, 0.15) is 15.9 Å². The molecule has 0 heterocycles. The van der Waals surface area contributed by atoms with Gasteiger partial charge in [-0.2, -0.15) is 5.10 Å². The molecule has 0 radical (unpaired) electrons. The molecule has 6 nitrogen and oxygen atoms in total. The van der Waals surface area contributed by atoms with Crippen molar-refractivity contribution in [3.63, 3.8) is 0 Å². The molecule has 0 aliphatic rings. The first-order valence-electron chi connectivity index (χ1n) is 6.80. The summed E-state index contributed by atoms with van der Waals surface area (Å²) < 4.78 is 1.58. The summed E-state index contributed by atoms with van der Waals surface area (Å²) in [7, 11) is 0. The summed E-state index contributed by atoms with van der Waals surface area (Å²) in [4.78, 5) is 23.7. The zero-order valence-corrected chi connectivity index (χ0v) is 16.0. The molecule has 2 rings (SSSR count). The highest BCUT2D eigenvalue weighted by Gasteiger charge is 2.10. The van der Waals surface area contributed by atoms with Crippen LogP contribution in [0.25, 0.3) is 0 Å². The minimum absolute atomic E-state index is 0.0446. The number of rotatable bonds is 5. The summed E-state index contributed by atoms with van der Waals surface area (Å²) in [5.41, 5.74) is 3.25.